The van der Waals surface area contributed by atoms with Gasteiger partial charge in [-0.15, -0.1) is 0 Å². The van der Waals surface area contributed by atoms with Gasteiger partial charge in [0.25, 0.3) is 0 Å². The van der Waals surface area contributed by atoms with Crippen LogP contribution in [-0.2, 0) is 11.2 Å². The quantitative estimate of drug-likeness (QED) is 0.491. The van der Waals surface area contributed by atoms with E-state index in [1.165, 1.54) is 12.1 Å². The first-order valence-electron chi connectivity index (χ1n) is 7.10. The average molecular weight is 363 g/mol. The van der Waals surface area contributed by atoms with E-state index in [0.29, 0.717) is 0 Å². The van der Waals surface area contributed by atoms with Crippen molar-refractivity contribution in [2.45, 2.75) is 45.4 Å². The molecular weight excluding hydrogens is 342 g/mol. The number of halogens is 3. The zero-order valence-corrected chi connectivity index (χ0v) is 14.0. The summed E-state index contributed by atoms with van der Waals surface area (Å²) in [6.07, 6.45) is 0.288. The smallest absolute Gasteiger partial charge is 0.143 e. The van der Waals surface area contributed by atoms with Crippen molar-refractivity contribution in [3.8, 4) is 0 Å². The zero-order valence-electron chi connectivity index (χ0n) is 12.4. The molecule has 6 heteroatoms. The van der Waals surface area contributed by atoms with Crippen LogP contribution in [0.1, 0.15) is 26.3 Å². The molecule has 0 radical (unpaired) electrons. The lowest BCUT2D eigenvalue weighted by Crippen LogP contribution is -2.47. The van der Waals surface area contributed by atoms with E-state index in [-0.39, 0.29) is 46.5 Å². The third-order valence-electron chi connectivity index (χ3n) is 4.56. The van der Waals surface area contributed by atoms with Gasteiger partial charge in [-0.2, -0.15) is 0 Å². The Morgan fingerprint density at radius 3 is 2.48 bits per heavy atom. The van der Waals surface area contributed by atoms with Crippen molar-refractivity contribution in [1.82, 2.24) is 5.43 Å². The van der Waals surface area contributed by atoms with Crippen LogP contribution in [0.3, 0.4) is 0 Å². The molecule has 0 amide bonds. The molecule has 1 fully saturated rings. The van der Waals surface area contributed by atoms with Gasteiger partial charge in [-0.05, 0) is 54.2 Å². The van der Waals surface area contributed by atoms with Crippen LogP contribution in [0, 0.1) is 23.5 Å². The maximum Gasteiger partial charge on any atom is 0.143 e. The Morgan fingerprint density at radius 2 is 1.95 bits per heavy atom. The minimum Gasteiger partial charge on any atom is -0.375 e. The van der Waals surface area contributed by atoms with E-state index >= 15 is 0 Å². The molecule has 2 rings (SSSR count). The molecule has 1 aliphatic rings. The van der Waals surface area contributed by atoms with E-state index in [9.17, 15) is 8.78 Å². The number of benzene rings is 1. The third kappa shape index (κ3) is 3.28. The van der Waals surface area contributed by atoms with Crippen LogP contribution in [0.5, 0.6) is 0 Å². The second kappa shape index (κ2) is 6.69. The predicted molar refractivity (Wildman–Crippen MR) is 81.5 cm³/mol. The van der Waals surface area contributed by atoms with Crippen LogP contribution in [0.2, 0.25) is 0 Å². The van der Waals surface area contributed by atoms with E-state index < -0.39 is 11.6 Å². The normalized spacial score (nSPS) is 30.6. The highest BCUT2D eigenvalue weighted by atomic mass is 79.9. The molecule has 5 atom stereocenters. The molecule has 118 valence electrons. The second-order valence-electron chi connectivity index (χ2n) is 5.78. The third-order valence-corrected chi connectivity index (χ3v) is 5.17. The molecule has 0 aliphatic carbocycles. The largest absolute Gasteiger partial charge is 0.375 e. The molecule has 1 saturated heterocycles. The molecule has 1 aliphatic heterocycles. The summed E-state index contributed by atoms with van der Waals surface area (Å²) in [6, 6.07) is 2.38. The highest BCUT2D eigenvalue weighted by molar-refractivity contribution is 9.10. The highest BCUT2D eigenvalue weighted by Crippen LogP contribution is 2.36. The van der Waals surface area contributed by atoms with E-state index in [1.807, 2.05) is 13.8 Å². The number of ether oxygens (including phenoxy) is 1. The van der Waals surface area contributed by atoms with Gasteiger partial charge in [-0.1, -0.05) is 6.92 Å². The van der Waals surface area contributed by atoms with Crippen molar-refractivity contribution in [1.29, 1.82) is 0 Å². The molecule has 0 aromatic heterocycles. The molecule has 0 bridgehead atoms. The Morgan fingerprint density at radius 1 is 1.29 bits per heavy atom. The number of hydrogen-bond donors (Lipinski definition) is 2. The van der Waals surface area contributed by atoms with Crippen molar-refractivity contribution < 1.29 is 13.5 Å². The van der Waals surface area contributed by atoms with Crippen molar-refractivity contribution in [3.05, 3.63) is 33.8 Å². The molecule has 21 heavy (non-hydrogen) atoms. The van der Waals surface area contributed by atoms with Crippen LogP contribution in [0.25, 0.3) is 0 Å². The Balaban J connectivity index is 2.26. The average Bonchev–Trinajstić information content (AvgIpc) is 2.69. The summed E-state index contributed by atoms with van der Waals surface area (Å²) < 4.78 is 34.1. The Bertz CT molecular complexity index is 515. The van der Waals surface area contributed by atoms with Crippen LogP contribution in [-0.4, -0.2) is 18.2 Å². The lowest BCUT2D eigenvalue weighted by molar-refractivity contribution is 0.0475. The molecule has 5 unspecified atom stereocenters. The van der Waals surface area contributed by atoms with Crippen LogP contribution in [0.4, 0.5) is 8.78 Å². The van der Waals surface area contributed by atoms with Gasteiger partial charge in [-0.25, -0.2) is 8.78 Å². The lowest BCUT2D eigenvalue weighted by Gasteiger charge is -2.28. The standard InChI is InChI=1S/C15H21BrF2N2O/c1-7-8(2)21-9(3)14(7)13(20-19)6-10-12(17)5-4-11(16)15(10)18/h4-5,7-9,13-14,20H,6,19H2,1-3H3. The van der Waals surface area contributed by atoms with Gasteiger partial charge in [0.1, 0.15) is 11.6 Å². The minimum atomic E-state index is -0.567. The van der Waals surface area contributed by atoms with Gasteiger partial charge in [0.2, 0.25) is 0 Å². The van der Waals surface area contributed by atoms with Crippen molar-refractivity contribution in [2.75, 3.05) is 0 Å². The molecule has 3 nitrogen and oxygen atoms in total. The van der Waals surface area contributed by atoms with E-state index in [1.54, 1.807) is 0 Å². The summed E-state index contributed by atoms with van der Waals surface area (Å²) in [5, 5.41) is 0. The fourth-order valence-corrected chi connectivity index (χ4v) is 3.64. The summed E-state index contributed by atoms with van der Waals surface area (Å²) in [5.74, 6) is 4.89. The zero-order chi connectivity index (χ0) is 15.7. The SMILES string of the molecule is CC1OC(C)C(C(Cc2c(F)ccc(Br)c2F)NN)C1C. The van der Waals surface area contributed by atoms with Gasteiger partial charge >= 0.3 is 0 Å². The number of rotatable bonds is 4. The molecule has 1 aromatic carbocycles. The topological polar surface area (TPSA) is 47.3 Å². The molecule has 0 spiro atoms. The van der Waals surface area contributed by atoms with E-state index in [2.05, 4.69) is 28.3 Å². The monoisotopic (exact) mass is 362 g/mol. The fraction of sp³-hybridized carbons (Fsp3) is 0.600. The first kappa shape index (κ1) is 16.8. The number of hydrogen-bond acceptors (Lipinski definition) is 3. The number of nitrogens with one attached hydrogen (secondary N) is 1. The second-order valence-corrected chi connectivity index (χ2v) is 6.64. The van der Waals surface area contributed by atoms with Crippen molar-refractivity contribution in [2.24, 2.45) is 17.7 Å². The van der Waals surface area contributed by atoms with Crippen LogP contribution < -0.4 is 11.3 Å². The molecule has 0 saturated carbocycles. The van der Waals surface area contributed by atoms with E-state index in [0.717, 1.165) is 0 Å². The summed E-state index contributed by atoms with van der Waals surface area (Å²) >= 11 is 3.09. The number of nitrogens with two attached hydrogens (primary N) is 1. The van der Waals surface area contributed by atoms with Gasteiger partial charge in [0.05, 0.1) is 16.7 Å². The number of hydrazine groups is 1. The fourth-order valence-electron chi connectivity index (χ4n) is 3.27. The van der Waals surface area contributed by atoms with Gasteiger partial charge < -0.3 is 4.74 Å². The highest BCUT2D eigenvalue weighted by Gasteiger charge is 2.41. The van der Waals surface area contributed by atoms with Gasteiger partial charge in [0, 0.05) is 17.5 Å². The lowest BCUT2D eigenvalue weighted by atomic mass is 9.81. The van der Waals surface area contributed by atoms with Crippen molar-refractivity contribution >= 4 is 15.9 Å². The first-order valence-corrected chi connectivity index (χ1v) is 7.90. The Kier molecular flexibility index (Phi) is 5.35. The van der Waals surface area contributed by atoms with Crippen LogP contribution in [0.15, 0.2) is 16.6 Å². The molecule has 1 aromatic rings. The maximum absolute atomic E-state index is 14.1. The molecular formula is C15H21BrF2N2O. The van der Waals surface area contributed by atoms with Crippen molar-refractivity contribution in [3.63, 3.8) is 0 Å². The summed E-state index contributed by atoms with van der Waals surface area (Å²) in [6.45, 7) is 6.06. The predicted octanol–water partition coefficient (Wildman–Crippen LogP) is 3.16. The van der Waals surface area contributed by atoms with Gasteiger partial charge in [-0.3, -0.25) is 11.3 Å². The summed E-state index contributed by atoms with van der Waals surface area (Å²) in [4.78, 5) is 0. The Hall–Kier alpha value is -0.560. The first-order chi connectivity index (χ1) is 9.86. The van der Waals surface area contributed by atoms with Crippen LogP contribution >= 0.6 is 15.9 Å². The summed E-state index contributed by atoms with van der Waals surface area (Å²) in [7, 11) is 0. The molecule has 1 heterocycles. The maximum atomic E-state index is 14.1. The Labute approximate surface area is 132 Å². The van der Waals surface area contributed by atoms with E-state index in [4.69, 9.17) is 10.6 Å². The summed E-state index contributed by atoms with van der Waals surface area (Å²) in [5.41, 5.74) is 2.77. The van der Waals surface area contributed by atoms with Gasteiger partial charge in [0.15, 0.2) is 0 Å². The molecule has 3 N–H and O–H groups in total. The minimum absolute atomic E-state index is 0.00525.